The van der Waals surface area contributed by atoms with E-state index in [0.29, 0.717) is 10.3 Å². The Morgan fingerprint density at radius 2 is 2.17 bits per heavy atom. The van der Waals surface area contributed by atoms with Crippen molar-refractivity contribution in [3.8, 4) is 6.07 Å². The number of nitrogens with one attached hydrogen (secondary N) is 1. The van der Waals surface area contributed by atoms with Crippen molar-refractivity contribution in [2.24, 2.45) is 0 Å². The standard InChI is InChI=1S/C16H15ClN6S/c1-3-9-7-20-14-11(9)5-12(22-15(14)17)8(2)24-16-21-10(6-18)4-13(19)23-16/h4-5,7-8,20H,3H2,1-2H3,(H2,19,21,23). The van der Waals surface area contributed by atoms with Gasteiger partial charge in [0.2, 0.25) is 0 Å². The molecular formula is C16H15ClN6S. The van der Waals surface area contributed by atoms with Crippen molar-refractivity contribution in [1.29, 1.82) is 5.26 Å². The largest absolute Gasteiger partial charge is 0.384 e. The Hall–Kier alpha value is -2.30. The minimum atomic E-state index is -0.0418. The van der Waals surface area contributed by atoms with Gasteiger partial charge in [-0.25, -0.2) is 15.0 Å². The molecule has 0 spiro atoms. The Bertz CT molecular complexity index is 946. The van der Waals surface area contributed by atoms with Crippen LogP contribution in [0.5, 0.6) is 0 Å². The van der Waals surface area contributed by atoms with Crippen molar-refractivity contribution in [2.45, 2.75) is 30.7 Å². The van der Waals surface area contributed by atoms with E-state index in [1.54, 1.807) is 0 Å². The van der Waals surface area contributed by atoms with E-state index in [9.17, 15) is 0 Å². The lowest BCUT2D eigenvalue weighted by atomic mass is 10.1. The van der Waals surface area contributed by atoms with Crippen LogP contribution in [0.3, 0.4) is 0 Å². The molecule has 0 aliphatic rings. The van der Waals surface area contributed by atoms with Crippen LogP contribution in [0.15, 0.2) is 23.5 Å². The molecule has 0 fully saturated rings. The molecule has 0 saturated carbocycles. The highest BCUT2D eigenvalue weighted by molar-refractivity contribution is 7.99. The molecule has 3 heterocycles. The van der Waals surface area contributed by atoms with Crippen LogP contribution in [-0.4, -0.2) is 19.9 Å². The van der Waals surface area contributed by atoms with Crippen LogP contribution in [0.2, 0.25) is 5.15 Å². The highest BCUT2D eigenvalue weighted by atomic mass is 35.5. The zero-order valence-electron chi connectivity index (χ0n) is 13.2. The molecule has 24 heavy (non-hydrogen) atoms. The normalized spacial score (nSPS) is 12.2. The fourth-order valence-corrected chi connectivity index (χ4v) is 3.55. The highest BCUT2D eigenvalue weighted by Crippen LogP contribution is 2.35. The summed E-state index contributed by atoms with van der Waals surface area (Å²) in [7, 11) is 0. The van der Waals surface area contributed by atoms with Gasteiger partial charge >= 0.3 is 0 Å². The smallest absolute Gasteiger partial charge is 0.191 e. The number of aromatic amines is 1. The van der Waals surface area contributed by atoms with Gasteiger partial charge in [-0.1, -0.05) is 30.3 Å². The van der Waals surface area contributed by atoms with Gasteiger partial charge in [-0.05, 0) is 25.0 Å². The summed E-state index contributed by atoms with van der Waals surface area (Å²) in [6.45, 7) is 4.09. The number of pyridine rings is 1. The van der Waals surface area contributed by atoms with Gasteiger partial charge in [0.05, 0.1) is 16.5 Å². The molecule has 0 radical (unpaired) electrons. The molecular weight excluding hydrogens is 344 g/mol. The molecule has 3 aromatic rings. The summed E-state index contributed by atoms with van der Waals surface area (Å²) in [5.74, 6) is 0.275. The Kier molecular flexibility index (Phi) is 4.60. The molecule has 0 amide bonds. The van der Waals surface area contributed by atoms with Gasteiger partial charge in [0.15, 0.2) is 10.3 Å². The number of hydrogen-bond acceptors (Lipinski definition) is 6. The van der Waals surface area contributed by atoms with Crippen molar-refractivity contribution in [2.75, 3.05) is 5.73 Å². The average molecular weight is 359 g/mol. The number of H-pyrrole nitrogens is 1. The Labute approximate surface area is 148 Å². The number of aromatic nitrogens is 4. The molecule has 1 unspecified atom stereocenters. The minimum absolute atomic E-state index is 0.0418. The third-order valence-corrected chi connectivity index (χ3v) is 4.91. The maximum absolute atomic E-state index is 8.99. The molecule has 3 aromatic heterocycles. The number of hydrogen-bond donors (Lipinski definition) is 2. The number of halogens is 1. The summed E-state index contributed by atoms with van der Waals surface area (Å²) >= 11 is 7.70. The zero-order valence-corrected chi connectivity index (χ0v) is 14.7. The number of anilines is 1. The quantitative estimate of drug-likeness (QED) is 0.416. The van der Waals surface area contributed by atoms with E-state index in [-0.39, 0.29) is 16.8 Å². The molecule has 0 bridgehead atoms. The van der Waals surface area contributed by atoms with Crippen LogP contribution >= 0.6 is 23.4 Å². The molecule has 0 aromatic carbocycles. The highest BCUT2D eigenvalue weighted by Gasteiger charge is 2.16. The van der Waals surface area contributed by atoms with E-state index >= 15 is 0 Å². The van der Waals surface area contributed by atoms with Gasteiger partial charge in [-0.3, -0.25) is 0 Å². The second-order valence-electron chi connectivity index (χ2n) is 5.26. The van der Waals surface area contributed by atoms with Gasteiger partial charge in [0.1, 0.15) is 17.6 Å². The minimum Gasteiger partial charge on any atom is -0.384 e. The van der Waals surface area contributed by atoms with Gasteiger partial charge in [0, 0.05) is 17.6 Å². The van der Waals surface area contributed by atoms with Crippen molar-refractivity contribution in [3.63, 3.8) is 0 Å². The maximum Gasteiger partial charge on any atom is 0.191 e. The molecule has 3 N–H and O–H groups in total. The topological polar surface area (TPSA) is 104 Å². The first-order valence-corrected chi connectivity index (χ1v) is 8.65. The summed E-state index contributed by atoms with van der Waals surface area (Å²) < 4.78 is 0. The molecule has 6 nitrogen and oxygen atoms in total. The predicted octanol–water partition coefficient (Wildman–Crippen LogP) is 3.88. The van der Waals surface area contributed by atoms with Crippen LogP contribution < -0.4 is 5.73 Å². The lowest BCUT2D eigenvalue weighted by Gasteiger charge is -2.11. The third-order valence-electron chi connectivity index (χ3n) is 3.65. The molecule has 0 aliphatic carbocycles. The second-order valence-corrected chi connectivity index (χ2v) is 6.93. The van der Waals surface area contributed by atoms with Gasteiger partial charge in [-0.2, -0.15) is 5.26 Å². The van der Waals surface area contributed by atoms with Gasteiger partial charge in [-0.15, -0.1) is 0 Å². The van der Waals surface area contributed by atoms with Crippen molar-refractivity contribution >= 4 is 40.1 Å². The van der Waals surface area contributed by atoms with Crippen molar-refractivity contribution in [1.82, 2.24) is 19.9 Å². The average Bonchev–Trinajstić information content (AvgIpc) is 2.97. The van der Waals surface area contributed by atoms with Crippen LogP contribution in [0, 0.1) is 11.3 Å². The summed E-state index contributed by atoms with van der Waals surface area (Å²) in [6, 6.07) is 5.46. The molecule has 122 valence electrons. The molecule has 0 aliphatic heterocycles. The van der Waals surface area contributed by atoms with Crippen molar-refractivity contribution in [3.05, 3.63) is 40.4 Å². The zero-order chi connectivity index (χ0) is 17.3. The second kappa shape index (κ2) is 6.67. The Morgan fingerprint density at radius 3 is 2.88 bits per heavy atom. The molecule has 0 saturated heterocycles. The number of thioether (sulfide) groups is 1. The van der Waals surface area contributed by atoms with E-state index in [0.717, 1.165) is 23.0 Å². The molecule has 8 heteroatoms. The first-order valence-electron chi connectivity index (χ1n) is 7.39. The third kappa shape index (κ3) is 3.16. The van der Waals surface area contributed by atoms with E-state index in [2.05, 4.69) is 26.9 Å². The van der Waals surface area contributed by atoms with E-state index in [4.69, 9.17) is 22.6 Å². The number of nitrogen functional groups attached to an aromatic ring is 1. The fourth-order valence-electron chi connectivity index (χ4n) is 2.43. The van der Waals surface area contributed by atoms with E-state index < -0.39 is 0 Å². The lowest BCUT2D eigenvalue weighted by Crippen LogP contribution is -2.00. The van der Waals surface area contributed by atoms with Crippen molar-refractivity contribution < 1.29 is 0 Å². The predicted molar refractivity (Wildman–Crippen MR) is 95.9 cm³/mol. The monoisotopic (exact) mass is 358 g/mol. The molecule has 3 rings (SSSR count). The maximum atomic E-state index is 8.99. The van der Waals surface area contributed by atoms with E-state index in [1.165, 1.54) is 23.4 Å². The van der Waals surface area contributed by atoms with Crippen LogP contribution in [0.4, 0.5) is 5.82 Å². The van der Waals surface area contributed by atoms with E-state index in [1.807, 2.05) is 25.3 Å². The fraction of sp³-hybridized carbons (Fsp3) is 0.250. The van der Waals surface area contributed by atoms with Crippen LogP contribution in [-0.2, 0) is 6.42 Å². The summed E-state index contributed by atoms with van der Waals surface area (Å²) in [6.07, 6.45) is 2.87. The summed E-state index contributed by atoms with van der Waals surface area (Å²) in [4.78, 5) is 16.0. The van der Waals surface area contributed by atoms with Crippen LogP contribution in [0.25, 0.3) is 10.9 Å². The number of rotatable bonds is 4. The Morgan fingerprint density at radius 1 is 1.38 bits per heavy atom. The van der Waals surface area contributed by atoms with Gasteiger partial charge in [0.25, 0.3) is 0 Å². The number of nitrogens with two attached hydrogens (primary N) is 1. The SMILES string of the molecule is CCc1c[nH]c2c(Cl)nc(C(C)Sc3nc(N)cc(C#N)n3)cc12. The van der Waals surface area contributed by atoms with Gasteiger partial charge < -0.3 is 10.7 Å². The lowest BCUT2D eigenvalue weighted by molar-refractivity contribution is 0.936. The molecule has 1 atom stereocenters. The number of aryl methyl sites for hydroxylation is 1. The number of nitrogens with zero attached hydrogens (tertiary/aromatic N) is 4. The number of fused-ring (bicyclic) bond motifs is 1. The summed E-state index contributed by atoms with van der Waals surface area (Å²) in [5.41, 5.74) is 8.84. The summed E-state index contributed by atoms with van der Waals surface area (Å²) in [5, 5.41) is 10.9. The number of nitriles is 1. The van der Waals surface area contributed by atoms with Crippen LogP contribution in [0.1, 0.15) is 36.0 Å². The first-order chi connectivity index (χ1) is 11.5. The Balaban J connectivity index is 1.95. The first kappa shape index (κ1) is 16.6.